The van der Waals surface area contributed by atoms with Crippen molar-refractivity contribution in [2.75, 3.05) is 17.2 Å². The molecule has 1 amide bonds. The molecule has 1 aromatic heterocycles. The Morgan fingerprint density at radius 1 is 1.21 bits per heavy atom. The van der Waals surface area contributed by atoms with Crippen molar-refractivity contribution in [3.05, 3.63) is 71.5 Å². The minimum Gasteiger partial charge on any atom is -0.494 e. The van der Waals surface area contributed by atoms with Crippen molar-refractivity contribution >= 4 is 17.4 Å². The van der Waals surface area contributed by atoms with E-state index in [9.17, 15) is 9.90 Å². The van der Waals surface area contributed by atoms with E-state index < -0.39 is 6.04 Å². The molecule has 0 saturated carbocycles. The Labute approximate surface area is 163 Å². The van der Waals surface area contributed by atoms with Gasteiger partial charge in [-0.3, -0.25) is 4.79 Å². The van der Waals surface area contributed by atoms with Crippen LogP contribution in [0.2, 0.25) is 0 Å². The number of ether oxygens (including phenoxy) is 1. The number of hydrogen-bond acceptors (Lipinski definition) is 6. The Bertz CT molecular complexity index is 924. The van der Waals surface area contributed by atoms with E-state index in [1.807, 2.05) is 43.3 Å². The average Bonchev–Trinajstić information content (AvgIpc) is 3.12. The summed E-state index contributed by atoms with van der Waals surface area (Å²) in [5.74, 6) is 1.31. The number of aliphatic hydroxyl groups excluding tert-OH is 1. The highest BCUT2D eigenvalue weighted by atomic mass is 16.5. The van der Waals surface area contributed by atoms with Gasteiger partial charge in [-0.15, -0.1) is 0 Å². The average molecular weight is 381 g/mol. The Morgan fingerprint density at radius 3 is 2.64 bits per heavy atom. The van der Waals surface area contributed by atoms with Crippen molar-refractivity contribution < 1.29 is 19.2 Å². The summed E-state index contributed by atoms with van der Waals surface area (Å²) in [6.07, 6.45) is 0. The van der Waals surface area contributed by atoms with Gasteiger partial charge in [0.15, 0.2) is 5.82 Å². The number of aliphatic hydroxyl groups is 1. The first-order valence-electron chi connectivity index (χ1n) is 9.03. The van der Waals surface area contributed by atoms with Crippen molar-refractivity contribution in [1.29, 1.82) is 0 Å². The molecule has 0 aliphatic heterocycles. The van der Waals surface area contributed by atoms with E-state index >= 15 is 0 Å². The van der Waals surface area contributed by atoms with E-state index in [1.54, 1.807) is 25.1 Å². The highest BCUT2D eigenvalue weighted by Gasteiger charge is 2.22. The number of carbonyl (C=O) groups excluding carboxylic acids is 1. The second-order valence-corrected chi connectivity index (χ2v) is 6.21. The van der Waals surface area contributed by atoms with Crippen LogP contribution in [0.25, 0.3) is 0 Å². The molecule has 1 atom stereocenters. The minimum absolute atomic E-state index is 0.161. The highest BCUT2D eigenvalue weighted by Crippen LogP contribution is 2.27. The van der Waals surface area contributed by atoms with Gasteiger partial charge in [-0.05, 0) is 37.6 Å². The quantitative estimate of drug-likeness (QED) is 0.551. The zero-order chi connectivity index (χ0) is 19.9. The summed E-state index contributed by atoms with van der Waals surface area (Å²) in [5.41, 5.74) is 2.12. The monoisotopic (exact) mass is 381 g/mol. The maximum atomic E-state index is 12.9. The fraction of sp³-hybridized carbons (Fsp3) is 0.238. The first kappa shape index (κ1) is 19.4. The van der Waals surface area contributed by atoms with E-state index in [-0.39, 0.29) is 12.5 Å². The van der Waals surface area contributed by atoms with Crippen LogP contribution in [-0.2, 0) is 11.4 Å². The van der Waals surface area contributed by atoms with Gasteiger partial charge in [-0.1, -0.05) is 35.5 Å². The molecule has 1 unspecified atom stereocenters. The Hall–Kier alpha value is -3.32. The van der Waals surface area contributed by atoms with Crippen molar-refractivity contribution in [2.24, 2.45) is 0 Å². The third-order valence-electron chi connectivity index (χ3n) is 4.12. The van der Waals surface area contributed by atoms with Crippen LogP contribution in [0.15, 0.2) is 59.1 Å². The number of carbonyl (C=O) groups is 1. The van der Waals surface area contributed by atoms with Crippen LogP contribution in [0.5, 0.6) is 5.75 Å². The molecule has 1 heterocycles. The van der Waals surface area contributed by atoms with Crippen LogP contribution >= 0.6 is 0 Å². The molecule has 0 aliphatic rings. The Kier molecular flexibility index (Phi) is 6.29. The molecule has 3 rings (SSSR count). The summed E-state index contributed by atoms with van der Waals surface area (Å²) < 4.78 is 10.5. The molecule has 146 valence electrons. The number of benzene rings is 2. The number of anilines is 2. The lowest BCUT2D eigenvalue weighted by Gasteiger charge is -2.20. The minimum atomic E-state index is -0.664. The number of aromatic nitrogens is 1. The van der Waals surface area contributed by atoms with Gasteiger partial charge in [0.2, 0.25) is 0 Å². The van der Waals surface area contributed by atoms with E-state index in [1.165, 1.54) is 0 Å². The van der Waals surface area contributed by atoms with Gasteiger partial charge < -0.3 is 25.0 Å². The molecule has 7 nitrogen and oxygen atoms in total. The van der Waals surface area contributed by atoms with Crippen LogP contribution < -0.4 is 15.4 Å². The van der Waals surface area contributed by atoms with Gasteiger partial charge >= 0.3 is 0 Å². The molecule has 3 aromatic rings. The highest BCUT2D eigenvalue weighted by molar-refractivity contribution is 5.96. The van der Waals surface area contributed by atoms with Crippen LogP contribution in [0.4, 0.5) is 11.5 Å². The van der Waals surface area contributed by atoms with Gasteiger partial charge in [0.1, 0.15) is 17.6 Å². The molecule has 2 aromatic carbocycles. The predicted octanol–water partition coefficient (Wildman–Crippen LogP) is 3.67. The lowest BCUT2D eigenvalue weighted by molar-refractivity contribution is -0.117. The fourth-order valence-electron chi connectivity index (χ4n) is 2.83. The SMILES string of the molecule is CCOc1ccc(NC(C(=O)Nc2cc(C)on2)c2ccccc2)cc1CO. The Morgan fingerprint density at radius 2 is 2.00 bits per heavy atom. The zero-order valence-corrected chi connectivity index (χ0v) is 15.8. The lowest BCUT2D eigenvalue weighted by atomic mass is 10.1. The third-order valence-corrected chi connectivity index (χ3v) is 4.12. The molecule has 3 N–H and O–H groups in total. The molecule has 28 heavy (non-hydrogen) atoms. The molecule has 0 aliphatic carbocycles. The maximum absolute atomic E-state index is 12.9. The van der Waals surface area contributed by atoms with E-state index in [2.05, 4.69) is 15.8 Å². The number of nitrogens with one attached hydrogen (secondary N) is 2. The summed E-state index contributed by atoms with van der Waals surface area (Å²) in [6.45, 7) is 3.98. The van der Waals surface area contributed by atoms with Crippen molar-refractivity contribution in [1.82, 2.24) is 5.16 Å². The number of nitrogens with zero attached hydrogens (tertiary/aromatic N) is 1. The number of amides is 1. The van der Waals surface area contributed by atoms with Gasteiger partial charge in [-0.25, -0.2) is 0 Å². The molecule has 0 radical (unpaired) electrons. The molecule has 7 heteroatoms. The molecular weight excluding hydrogens is 358 g/mol. The normalized spacial score (nSPS) is 11.7. The first-order valence-corrected chi connectivity index (χ1v) is 9.03. The summed E-state index contributed by atoms with van der Waals surface area (Å²) in [4.78, 5) is 12.9. The zero-order valence-electron chi connectivity index (χ0n) is 15.8. The first-order chi connectivity index (χ1) is 13.6. The summed E-state index contributed by atoms with van der Waals surface area (Å²) >= 11 is 0. The second-order valence-electron chi connectivity index (χ2n) is 6.21. The molecule has 0 fully saturated rings. The van der Waals surface area contributed by atoms with Gasteiger partial charge in [0.05, 0.1) is 13.2 Å². The standard InChI is InChI=1S/C21H23N3O4/c1-3-27-18-10-9-17(12-16(18)13-25)22-20(15-7-5-4-6-8-15)21(26)23-19-11-14(2)28-24-19/h4-12,20,22,25H,3,13H2,1-2H3,(H,23,24,26). The van der Waals surface area contributed by atoms with E-state index in [0.29, 0.717) is 35.2 Å². The maximum Gasteiger partial charge on any atom is 0.252 e. The van der Waals surface area contributed by atoms with Crippen molar-refractivity contribution in [3.8, 4) is 5.75 Å². The molecular formula is C21H23N3O4. The summed E-state index contributed by atoms with van der Waals surface area (Å²) in [7, 11) is 0. The van der Waals surface area contributed by atoms with Crippen LogP contribution in [0, 0.1) is 6.92 Å². The van der Waals surface area contributed by atoms with Gasteiger partial charge in [0, 0.05) is 17.3 Å². The summed E-state index contributed by atoms with van der Waals surface area (Å²) in [5, 5.41) is 19.4. The number of aryl methyl sites for hydroxylation is 1. The van der Waals surface area contributed by atoms with Crippen LogP contribution in [-0.4, -0.2) is 22.8 Å². The largest absolute Gasteiger partial charge is 0.494 e. The topological polar surface area (TPSA) is 96.6 Å². The van der Waals surface area contributed by atoms with Crippen LogP contribution in [0.3, 0.4) is 0 Å². The number of rotatable bonds is 8. The van der Waals surface area contributed by atoms with Gasteiger partial charge in [-0.2, -0.15) is 0 Å². The molecule has 0 saturated heterocycles. The van der Waals surface area contributed by atoms with Gasteiger partial charge in [0.25, 0.3) is 5.91 Å². The summed E-state index contributed by atoms with van der Waals surface area (Å²) in [6, 6.07) is 15.7. The molecule has 0 spiro atoms. The Balaban J connectivity index is 1.86. The lowest BCUT2D eigenvalue weighted by Crippen LogP contribution is -2.27. The molecule has 0 bridgehead atoms. The van der Waals surface area contributed by atoms with E-state index in [4.69, 9.17) is 9.26 Å². The fourth-order valence-corrected chi connectivity index (χ4v) is 2.83. The van der Waals surface area contributed by atoms with E-state index in [0.717, 1.165) is 5.56 Å². The predicted molar refractivity (Wildman–Crippen MR) is 106 cm³/mol. The van der Waals surface area contributed by atoms with Crippen molar-refractivity contribution in [2.45, 2.75) is 26.5 Å². The smallest absolute Gasteiger partial charge is 0.252 e. The van der Waals surface area contributed by atoms with Crippen LogP contribution in [0.1, 0.15) is 29.9 Å². The van der Waals surface area contributed by atoms with Crippen molar-refractivity contribution in [3.63, 3.8) is 0 Å². The number of hydrogen-bond donors (Lipinski definition) is 3. The third kappa shape index (κ3) is 4.69. The second kappa shape index (κ2) is 9.05.